The van der Waals surface area contributed by atoms with Crippen LogP contribution in [0.5, 0.6) is 0 Å². The molecule has 0 spiro atoms. The van der Waals surface area contributed by atoms with Gasteiger partial charge >= 0.3 is 0 Å². The Bertz CT molecular complexity index is 422. The summed E-state index contributed by atoms with van der Waals surface area (Å²) in [6.07, 6.45) is -0.250. The second-order valence-electron chi connectivity index (χ2n) is 3.55. The topological polar surface area (TPSA) is 80.4 Å². The minimum atomic E-state index is -0.750. The maximum atomic E-state index is 10.9. The lowest BCUT2D eigenvalue weighted by Gasteiger charge is -2.09. The number of carbonyl (C=O) groups is 1. The fourth-order valence-electron chi connectivity index (χ4n) is 1.42. The van der Waals surface area contributed by atoms with Crippen LogP contribution in [-0.2, 0) is 4.79 Å². The summed E-state index contributed by atoms with van der Waals surface area (Å²) in [5, 5.41) is 15.3. The molecule has 0 radical (unpaired) electrons. The minimum absolute atomic E-state index is 0.0364. The standard InChI is InChI=1S/C11H13NO4/c1-8(13)6-7-11(14)9-4-2-3-5-10(9)12(15)16/h2-5,11,14H,6-7H2,1H3/i14T. The van der Waals surface area contributed by atoms with Gasteiger partial charge in [0.15, 0.2) is 0 Å². The van der Waals surface area contributed by atoms with E-state index in [4.69, 9.17) is 1.43 Å². The molecule has 0 saturated heterocycles. The number of hydrogen-bond donors (Lipinski definition) is 1. The summed E-state index contributed by atoms with van der Waals surface area (Å²) in [6, 6.07) is 6.09. The van der Waals surface area contributed by atoms with Crippen LogP contribution >= 0.6 is 0 Å². The molecule has 0 aliphatic heterocycles. The van der Waals surface area contributed by atoms with Crippen molar-refractivity contribution in [2.24, 2.45) is 0 Å². The molecule has 0 aliphatic rings. The van der Waals surface area contributed by atoms with Crippen LogP contribution in [0.25, 0.3) is 0 Å². The van der Waals surface area contributed by atoms with Gasteiger partial charge in [0.05, 0.1) is 16.6 Å². The maximum absolute atomic E-state index is 10.9. The Labute approximate surface area is 94.4 Å². The average Bonchev–Trinajstić information content (AvgIpc) is 2.30. The summed E-state index contributed by atoms with van der Waals surface area (Å²) >= 11 is 0. The van der Waals surface area contributed by atoms with Crippen LogP contribution in [0.2, 0.25) is 0 Å². The molecular weight excluding hydrogens is 210 g/mol. The van der Waals surface area contributed by atoms with Crippen molar-refractivity contribution < 1.29 is 14.8 Å². The predicted octanol–water partition coefficient (Wildman–Crippen LogP) is 2.00. The normalized spacial score (nSPS) is 12.9. The van der Waals surface area contributed by atoms with Gasteiger partial charge in [-0.15, -0.1) is 0 Å². The third-order valence-corrected chi connectivity index (χ3v) is 2.24. The van der Waals surface area contributed by atoms with Gasteiger partial charge in [0.25, 0.3) is 5.69 Å². The average molecular weight is 225 g/mol. The monoisotopic (exact) mass is 225 g/mol. The summed E-state index contributed by atoms with van der Waals surface area (Å²) in [5.41, 5.74) is 0.238. The van der Waals surface area contributed by atoms with E-state index < -0.39 is 11.0 Å². The van der Waals surface area contributed by atoms with Crippen molar-refractivity contribution >= 4 is 11.5 Å². The lowest BCUT2D eigenvalue weighted by molar-refractivity contribution is -0.386. The molecule has 0 saturated carbocycles. The molecule has 0 aromatic heterocycles. The number of carbonyl (C=O) groups excluding carboxylic acids is 1. The number of nitrogens with zero attached hydrogens (tertiary/aromatic N) is 1. The molecule has 0 heterocycles. The number of benzene rings is 1. The molecule has 1 aromatic rings. The SMILES string of the molecule is [3H]OC(CCC(C)=O)c1ccccc1[N+](=O)[O-]. The van der Waals surface area contributed by atoms with E-state index in [1.807, 2.05) is 0 Å². The van der Waals surface area contributed by atoms with Crippen LogP contribution < -0.4 is 0 Å². The third-order valence-electron chi connectivity index (χ3n) is 2.24. The highest BCUT2D eigenvalue weighted by molar-refractivity contribution is 5.75. The van der Waals surface area contributed by atoms with E-state index >= 15 is 0 Å². The van der Waals surface area contributed by atoms with E-state index in [0.29, 0.717) is 5.56 Å². The zero-order valence-electron chi connectivity index (χ0n) is 9.88. The molecule has 0 aliphatic carbocycles. The molecule has 1 N–H and O–H groups in total. The van der Waals surface area contributed by atoms with Gasteiger partial charge in [-0.2, -0.15) is 0 Å². The Morgan fingerprint density at radius 2 is 2.31 bits per heavy atom. The summed E-state index contributed by atoms with van der Waals surface area (Å²) in [5.74, 6) is -0.0364. The first-order chi connectivity index (χ1) is 8.06. The van der Waals surface area contributed by atoms with Crippen molar-refractivity contribution in [1.82, 2.24) is 0 Å². The zero-order valence-corrected chi connectivity index (χ0v) is 8.88. The number of rotatable bonds is 6. The first-order valence-corrected chi connectivity index (χ1v) is 4.91. The van der Waals surface area contributed by atoms with Crippen molar-refractivity contribution in [3.8, 4) is 0 Å². The molecule has 5 heteroatoms. The summed E-state index contributed by atoms with van der Waals surface area (Å²) in [4.78, 5) is 21.1. The molecule has 1 atom stereocenters. The zero-order chi connectivity index (χ0) is 12.8. The highest BCUT2D eigenvalue weighted by Gasteiger charge is 2.19. The van der Waals surface area contributed by atoms with Crippen molar-refractivity contribution in [3.63, 3.8) is 0 Å². The van der Waals surface area contributed by atoms with Crippen LogP contribution in [0.1, 0.15) is 31.4 Å². The van der Waals surface area contributed by atoms with E-state index in [9.17, 15) is 14.9 Å². The van der Waals surface area contributed by atoms with Crippen LogP contribution in [-0.4, -0.2) is 17.2 Å². The molecular formula is C11H13NO4. The maximum Gasteiger partial charge on any atom is 0.275 e. The predicted molar refractivity (Wildman–Crippen MR) is 58.0 cm³/mol. The van der Waals surface area contributed by atoms with Crippen LogP contribution in [0, 0.1) is 10.1 Å². The van der Waals surface area contributed by atoms with Crippen LogP contribution in [0.15, 0.2) is 24.3 Å². The molecule has 1 aromatic carbocycles. The van der Waals surface area contributed by atoms with Crippen LogP contribution in [0.4, 0.5) is 5.69 Å². The van der Waals surface area contributed by atoms with Crippen molar-refractivity contribution in [2.75, 3.05) is 0 Å². The molecule has 0 bridgehead atoms. The fraction of sp³-hybridized carbons (Fsp3) is 0.364. The largest absolute Gasteiger partial charge is 0.388 e. The number of nitro benzene ring substituents is 1. The van der Waals surface area contributed by atoms with Crippen molar-refractivity contribution in [2.45, 2.75) is 25.9 Å². The van der Waals surface area contributed by atoms with E-state index in [0.717, 1.165) is 0 Å². The lowest BCUT2D eigenvalue weighted by Crippen LogP contribution is -2.04. The smallest absolute Gasteiger partial charge is 0.275 e. The first kappa shape index (κ1) is 10.8. The second-order valence-corrected chi connectivity index (χ2v) is 3.55. The highest BCUT2D eigenvalue weighted by Crippen LogP contribution is 2.27. The Morgan fingerprint density at radius 1 is 1.62 bits per heavy atom. The minimum Gasteiger partial charge on any atom is -0.388 e. The molecule has 16 heavy (non-hydrogen) atoms. The Morgan fingerprint density at radius 3 is 2.88 bits per heavy atom. The number of aliphatic hydroxyl groups is 1. The van der Waals surface area contributed by atoms with Gasteiger partial charge in [-0.3, -0.25) is 10.1 Å². The fourth-order valence-corrected chi connectivity index (χ4v) is 1.42. The third kappa shape index (κ3) is 3.13. The Hall–Kier alpha value is -1.75. The van der Waals surface area contributed by atoms with Gasteiger partial charge in [0, 0.05) is 12.5 Å². The van der Waals surface area contributed by atoms with E-state index in [-0.39, 0.29) is 24.3 Å². The van der Waals surface area contributed by atoms with Gasteiger partial charge in [-0.1, -0.05) is 12.1 Å². The Balaban J connectivity index is 2.94. The number of hydrogen-bond acceptors (Lipinski definition) is 4. The highest BCUT2D eigenvalue weighted by atomic mass is 16.6. The summed E-state index contributed by atoms with van der Waals surface area (Å²) in [7, 11) is 0. The lowest BCUT2D eigenvalue weighted by atomic mass is 10.0. The van der Waals surface area contributed by atoms with Gasteiger partial charge < -0.3 is 9.90 Å². The molecule has 1 rings (SSSR count). The van der Waals surface area contributed by atoms with Gasteiger partial charge in [-0.05, 0) is 19.4 Å². The summed E-state index contributed by atoms with van der Waals surface area (Å²) in [6.45, 7) is 1.43. The van der Waals surface area contributed by atoms with Crippen molar-refractivity contribution in [1.29, 1.82) is 1.43 Å². The van der Waals surface area contributed by atoms with E-state index in [2.05, 4.69) is 5.11 Å². The number of aliphatic hydroxyl groups excluding tert-OH is 1. The van der Waals surface area contributed by atoms with Gasteiger partial charge in [-0.25, -0.2) is 0 Å². The molecule has 5 nitrogen and oxygen atoms in total. The van der Waals surface area contributed by atoms with E-state index in [1.54, 1.807) is 12.1 Å². The van der Waals surface area contributed by atoms with Gasteiger partial charge in [0.2, 0.25) is 1.43 Å². The number of para-hydroxylation sites is 1. The Kier molecular flexibility index (Phi) is 3.61. The molecule has 0 fully saturated rings. The van der Waals surface area contributed by atoms with Crippen LogP contribution in [0.3, 0.4) is 0 Å². The van der Waals surface area contributed by atoms with Crippen molar-refractivity contribution in [3.05, 3.63) is 39.9 Å². The molecule has 86 valence electrons. The quantitative estimate of drug-likeness (QED) is 0.593. The molecule has 1 unspecified atom stereocenters. The second kappa shape index (κ2) is 5.37. The number of nitro groups is 1. The summed E-state index contributed by atoms with van der Waals surface area (Å²) < 4.78 is 6.95. The first-order valence-electron chi connectivity index (χ1n) is 5.31. The molecule has 0 amide bonds. The number of Topliss-reactive ketones (excluding diaryl/α,β-unsaturated/α-hetero) is 1. The number of ketones is 1. The van der Waals surface area contributed by atoms with E-state index in [1.165, 1.54) is 19.1 Å². The van der Waals surface area contributed by atoms with Gasteiger partial charge in [0.1, 0.15) is 5.78 Å².